The average Bonchev–Trinajstić information content (AvgIpc) is 3.10. The fourth-order valence-corrected chi connectivity index (χ4v) is 2.94. The summed E-state index contributed by atoms with van der Waals surface area (Å²) in [6, 6.07) is 15.6. The van der Waals surface area contributed by atoms with Crippen LogP contribution in [0.25, 0.3) is 11.4 Å². The summed E-state index contributed by atoms with van der Waals surface area (Å²) in [7, 11) is 0. The van der Waals surface area contributed by atoms with E-state index in [4.69, 9.17) is 4.52 Å². The minimum absolute atomic E-state index is 0.0589. The number of hydrogen-bond acceptors (Lipinski definition) is 5. The van der Waals surface area contributed by atoms with Crippen molar-refractivity contribution >= 4 is 17.5 Å². The first-order valence-corrected chi connectivity index (χ1v) is 9.34. The Morgan fingerprint density at radius 3 is 2.31 bits per heavy atom. The van der Waals surface area contributed by atoms with Gasteiger partial charge in [0.2, 0.25) is 5.91 Å². The fourth-order valence-electron chi connectivity index (χ4n) is 2.94. The zero-order valence-corrected chi connectivity index (χ0v) is 16.3. The van der Waals surface area contributed by atoms with E-state index >= 15 is 0 Å². The van der Waals surface area contributed by atoms with Crippen molar-refractivity contribution in [2.24, 2.45) is 0 Å². The van der Waals surface area contributed by atoms with Crippen LogP contribution in [0.4, 0.5) is 5.69 Å². The molecule has 150 valence electrons. The van der Waals surface area contributed by atoms with Gasteiger partial charge in [0.25, 0.3) is 5.91 Å². The second-order valence-electron chi connectivity index (χ2n) is 6.33. The standard InChI is InChI=1S/C21H22N4O4/c1-3-24(4-2)20(27)16-10-12-17(13-11-16)22-18(26)14-25-19(23-29-21(25)28)15-8-6-5-7-9-15/h5-13H,3-4,14H2,1-2H3,(H,22,26). The molecule has 29 heavy (non-hydrogen) atoms. The predicted octanol–water partition coefficient (Wildman–Crippen LogP) is 2.62. The lowest BCUT2D eigenvalue weighted by Crippen LogP contribution is -2.30. The van der Waals surface area contributed by atoms with Crippen LogP contribution in [-0.2, 0) is 11.3 Å². The highest BCUT2D eigenvalue weighted by Gasteiger charge is 2.16. The highest BCUT2D eigenvalue weighted by molar-refractivity contribution is 5.95. The maximum atomic E-state index is 12.4. The molecule has 0 atom stereocenters. The zero-order valence-electron chi connectivity index (χ0n) is 16.3. The SMILES string of the molecule is CCN(CC)C(=O)c1ccc(NC(=O)Cn2c(-c3ccccc3)noc2=O)cc1. The highest BCUT2D eigenvalue weighted by Crippen LogP contribution is 2.16. The molecule has 0 aliphatic heterocycles. The number of rotatable bonds is 7. The Bertz CT molecular complexity index is 1030. The van der Waals surface area contributed by atoms with E-state index in [1.807, 2.05) is 19.9 Å². The first kappa shape index (κ1) is 20.1. The van der Waals surface area contributed by atoms with E-state index in [0.717, 1.165) is 0 Å². The van der Waals surface area contributed by atoms with Crippen LogP contribution in [0.2, 0.25) is 0 Å². The average molecular weight is 394 g/mol. The van der Waals surface area contributed by atoms with E-state index < -0.39 is 11.7 Å². The van der Waals surface area contributed by atoms with Gasteiger partial charge in [-0.05, 0) is 38.1 Å². The van der Waals surface area contributed by atoms with E-state index in [-0.39, 0.29) is 18.3 Å². The van der Waals surface area contributed by atoms with Crippen molar-refractivity contribution in [2.45, 2.75) is 20.4 Å². The van der Waals surface area contributed by atoms with E-state index in [2.05, 4.69) is 10.5 Å². The summed E-state index contributed by atoms with van der Waals surface area (Å²) in [5.74, 6) is -0.892. The van der Waals surface area contributed by atoms with Crippen LogP contribution in [0.3, 0.4) is 0 Å². The van der Waals surface area contributed by atoms with E-state index in [0.29, 0.717) is 29.9 Å². The molecule has 2 aromatic carbocycles. The molecule has 3 aromatic rings. The van der Waals surface area contributed by atoms with Crippen molar-refractivity contribution in [1.82, 2.24) is 14.6 Å². The Morgan fingerprint density at radius 2 is 1.69 bits per heavy atom. The smallest absolute Gasteiger partial charge is 0.339 e. The molecule has 0 aliphatic rings. The Labute approximate surface area is 167 Å². The van der Waals surface area contributed by atoms with Crippen molar-refractivity contribution in [1.29, 1.82) is 0 Å². The summed E-state index contributed by atoms with van der Waals surface area (Å²) in [6.45, 7) is 4.86. The third kappa shape index (κ3) is 4.60. The number of carbonyl (C=O) groups is 2. The number of nitrogens with one attached hydrogen (secondary N) is 1. The van der Waals surface area contributed by atoms with Gasteiger partial charge in [-0.3, -0.25) is 14.1 Å². The Morgan fingerprint density at radius 1 is 1.03 bits per heavy atom. The molecule has 1 N–H and O–H groups in total. The molecule has 0 radical (unpaired) electrons. The largest absolute Gasteiger partial charge is 0.442 e. The molecular weight excluding hydrogens is 372 g/mol. The first-order chi connectivity index (χ1) is 14.0. The van der Waals surface area contributed by atoms with Crippen molar-refractivity contribution < 1.29 is 14.1 Å². The van der Waals surface area contributed by atoms with Gasteiger partial charge < -0.3 is 10.2 Å². The third-order valence-electron chi connectivity index (χ3n) is 4.49. The molecule has 3 rings (SSSR count). The van der Waals surface area contributed by atoms with Crippen LogP contribution in [0.1, 0.15) is 24.2 Å². The second-order valence-corrected chi connectivity index (χ2v) is 6.33. The Hall–Kier alpha value is -3.68. The van der Waals surface area contributed by atoms with Crippen LogP contribution in [0, 0.1) is 0 Å². The van der Waals surface area contributed by atoms with Crippen LogP contribution >= 0.6 is 0 Å². The van der Waals surface area contributed by atoms with Crippen molar-refractivity contribution in [3.8, 4) is 11.4 Å². The number of nitrogens with zero attached hydrogens (tertiary/aromatic N) is 3. The lowest BCUT2D eigenvalue weighted by molar-refractivity contribution is -0.116. The topological polar surface area (TPSA) is 97.4 Å². The molecule has 0 saturated heterocycles. The van der Waals surface area contributed by atoms with Gasteiger partial charge in [-0.1, -0.05) is 35.5 Å². The normalized spacial score (nSPS) is 10.6. The minimum atomic E-state index is -0.709. The molecule has 0 bridgehead atoms. The maximum absolute atomic E-state index is 12.4. The first-order valence-electron chi connectivity index (χ1n) is 9.34. The van der Waals surface area contributed by atoms with E-state index in [9.17, 15) is 14.4 Å². The van der Waals surface area contributed by atoms with Crippen molar-refractivity contribution in [3.05, 3.63) is 70.7 Å². The van der Waals surface area contributed by atoms with E-state index in [1.165, 1.54) is 4.57 Å². The van der Waals surface area contributed by atoms with Gasteiger partial charge >= 0.3 is 5.76 Å². The van der Waals surface area contributed by atoms with Crippen LogP contribution in [0.15, 0.2) is 63.9 Å². The number of anilines is 1. The number of aromatic nitrogens is 2. The van der Waals surface area contributed by atoms with Gasteiger partial charge in [0.1, 0.15) is 6.54 Å². The molecule has 0 aliphatic carbocycles. The second kappa shape index (κ2) is 9.01. The predicted molar refractivity (Wildman–Crippen MR) is 109 cm³/mol. The summed E-state index contributed by atoms with van der Waals surface area (Å²) in [4.78, 5) is 38.4. The van der Waals surface area contributed by atoms with Gasteiger partial charge in [0, 0.05) is 29.9 Å². The molecule has 0 fully saturated rings. The minimum Gasteiger partial charge on any atom is -0.339 e. The third-order valence-corrected chi connectivity index (χ3v) is 4.49. The zero-order chi connectivity index (χ0) is 20.8. The quantitative estimate of drug-likeness (QED) is 0.664. The summed E-state index contributed by atoms with van der Waals surface area (Å²) >= 11 is 0. The van der Waals surface area contributed by atoms with Gasteiger partial charge in [-0.2, -0.15) is 0 Å². The molecular formula is C21H22N4O4. The van der Waals surface area contributed by atoms with Crippen molar-refractivity contribution in [3.63, 3.8) is 0 Å². The maximum Gasteiger partial charge on any atom is 0.442 e. The Kier molecular flexibility index (Phi) is 6.23. The van der Waals surface area contributed by atoms with Crippen molar-refractivity contribution in [2.75, 3.05) is 18.4 Å². The van der Waals surface area contributed by atoms with Crippen LogP contribution in [0.5, 0.6) is 0 Å². The summed E-state index contributed by atoms with van der Waals surface area (Å²) < 4.78 is 5.89. The van der Waals surface area contributed by atoms with Crippen LogP contribution in [-0.4, -0.2) is 39.5 Å². The van der Waals surface area contributed by atoms with Gasteiger partial charge in [-0.15, -0.1) is 0 Å². The summed E-state index contributed by atoms with van der Waals surface area (Å²) in [5, 5.41) is 6.48. The highest BCUT2D eigenvalue weighted by atomic mass is 16.5. The summed E-state index contributed by atoms with van der Waals surface area (Å²) in [5.41, 5.74) is 1.75. The molecule has 1 aromatic heterocycles. The molecule has 0 unspecified atom stereocenters. The molecule has 8 heteroatoms. The molecule has 2 amide bonds. The molecule has 0 saturated carbocycles. The number of carbonyl (C=O) groups excluding carboxylic acids is 2. The molecule has 8 nitrogen and oxygen atoms in total. The lowest BCUT2D eigenvalue weighted by Gasteiger charge is -2.18. The molecule has 1 heterocycles. The fraction of sp³-hybridized carbons (Fsp3) is 0.238. The van der Waals surface area contributed by atoms with Gasteiger partial charge in [0.15, 0.2) is 5.82 Å². The Balaban J connectivity index is 1.70. The monoisotopic (exact) mass is 394 g/mol. The van der Waals surface area contributed by atoms with Gasteiger partial charge in [-0.25, -0.2) is 9.36 Å². The van der Waals surface area contributed by atoms with Crippen LogP contribution < -0.4 is 11.1 Å². The lowest BCUT2D eigenvalue weighted by atomic mass is 10.1. The number of benzene rings is 2. The number of amides is 2. The number of hydrogen-bond donors (Lipinski definition) is 1. The molecule has 0 spiro atoms. The van der Waals surface area contributed by atoms with Gasteiger partial charge in [0.05, 0.1) is 0 Å². The van der Waals surface area contributed by atoms with E-state index in [1.54, 1.807) is 53.4 Å². The summed E-state index contributed by atoms with van der Waals surface area (Å²) in [6.07, 6.45) is 0.